The number of likely N-dealkylation sites (tertiary alicyclic amines) is 1. The van der Waals surface area contributed by atoms with Crippen LogP contribution in [0.15, 0.2) is 42.5 Å². The van der Waals surface area contributed by atoms with Crippen LogP contribution in [0.3, 0.4) is 0 Å². The SMILES string of the molecule is Cc1cccc(CN2CCC(C(=O)N[C@H]3CC(C)(C)Oc4cc(C)ccc43)CC2)c1. The van der Waals surface area contributed by atoms with Gasteiger partial charge < -0.3 is 10.1 Å². The van der Waals surface area contributed by atoms with Crippen LogP contribution in [0.4, 0.5) is 0 Å². The zero-order valence-electron chi connectivity index (χ0n) is 18.7. The van der Waals surface area contributed by atoms with Crippen molar-refractivity contribution in [3.63, 3.8) is 0 Å². The molecule has 0 aromatic heterocycles. The highest BCUT2D eigenvalue weighted by atomic mass is 16.5. The van der Waals surface area contributed by atoms with Crippen molar-refractivity contribution in [2.45, 2.75) is 65.1 Å². The summed E-state index contributed by atoms with van der Waals surface area (Å²) in [5, 5.41) is 3.35. The van der Waals surface area contributed by atoms with E-state index in [1.807, 2.05) is 0 Å². The van der Waals surface area contributed by atoms with Crippen molar-refractivity contribution < 1.29 is 9.53 Å². The molecule has 1 N–H and O–H groups in total. The lowest BCUT2D eigenvalue weighted by molar-refractivity contribution is -0.127. The first-order chi connectivity index (χ1) is 14.3. The molecule has 0 radical (unpaired) electrons. The van der Waals surface area contributed by atoms with E-state index in [0.717, 1.165) is 50.2 Å². The first-order valence-corrected chi connectivity index (χ1v) is 11.2. The van der Waals surface area contributed by atoms with Crippen molar-refractivity contribution in [1.82, 2.24) is 10.2 Å². The summed E-state index contributed by atoms with van der Waals surface area (Å²) < 4.78 is 6.18. The number of piperidine rings is 1. The fourth-order valence-electron chi connectivity index (χ4n) is 4.80. The normalized spacial score (nSPS) is 21.5. The van der Waals surface area contributed by atoms with Gasteiger partial charge in [0.2, 0.25) is 5.91 Å². The van der Waals surface area contributed by atoms with E-state index in [1.54, 1.807) is 0 Å². The van der Waals surface area contributed by atoms with Crippen LogP contribution in [-0.2, 0) is 11.3 Å². The molecule has 2 aromatic rings. The number of aryl methyl sites for hydroxylation is 2. The molecule has 4 rings (SSSR count). The fraction of sp³-hybridized carbons (Fsp3) is 0.500. The number of hydrogen-bond acceptors (Lipinski definition) is 3. The molecular formula is C26H34N2O2. The number of amides is 1. The van der Waals surface area contributed by atoms with Gasteiger partial charge in [0.25, 0.3) is 0 Å². The Morgan fingerprint density at radius 3 is 2.57 bits per heavy atom. The van der Waals surface area contributed by atoms with Crippen LogP contribution in [0.25, 0.3) is 0 Å². The summed E-state index contributed by atoms with van der Waals surface area (Å²) >= 11 is 0. The standard InChI is InChI=1S/C26H34N2O2/c1-18-6-5-7-20(14-18)17-28-12-10-21(11-13-28)25(29)27-23-16-26(3,4)30-24-15-19(2)8-9-22(23)24/h5-9,14-15,21,23H,10-13,16-17H2,1-4H3,(H,27,29)/t23-/m0/s1. The lowest BCUT2D eigenvalue weighted by atomic mass is 9.88. The van der Waals surface area contributed by atoms with E-state index in [-0.39, 0.29) is 23.5 Å². The van der Waals surface area contributed by atoms with Gasteiger partial charge >= 0.3 is 0 Å². The van der Waals surface area contributed by atoms with Crippen molar-refractivity contribution >= 4 is 5.91 Å². The maximum absolute atomic E-state index is 13.1. The van der Waals surface area contributed by atoms with E-state index in [2.05, 4.69) is 80.4 Å². The van der Waals surface area contributed by atoms with Crippen LogP contribution in [-0.4, -0.2) is 29.5 Å². The van der Waals surface area contributed by atoms with Gasteiger partial charge in [-0.05, 0) is 70.8 Å². The number of benzene rings is 2. The van der Waals surface area contributed by atoms with Gasteiger partial charge in [0.1, 0.15) is 11.4 Å². The van der Waals surface area contributed by atoms with Crippen molar-refractivity contribution in [1.29, 1.82) is 0 Å². The minimum absolute atomic E-state index is 0.0159. The van der Waals surface area contributed by atoms with Crippen molar-refractivity contribution in [3.05, 3.63) is 64.7 Å². The lowest BCUT2D eigenvalue weighted by Gasteiger charge is -2.39. The number of rotatable bonds is 4. The highest BCUT2D eigenvalue weighted by molar-refractivity contribution is 5.79. The molecule has 4 heteroatoms. The molecule has 0 bridgehead atoms. The Labute approximate surface area is 180 Å². The van der Waals surface area contributed by atoms with Gasteiger partial charge in [-0.3, -0.25) is 9.69 Å². The van der Waals surface area contributed by atoms with Gasteiger partial charge in [0, 0.05) is 24.4 Å². The van der Waals surface area contributed by atoms with Gasteiger partial charge in [-0.2, -0.15) is 0 Å². The summed E-state index contributed by atoms with van der Waals surface area (Å²) in [7, 11) is 0. The number of nitrogens with one attached hydrogen (secondary N) is 1. The third kappa shape index (κ3) is 4.86. The maximum Gasteiger partial charge on any atom is 0.223 e. The van der Waals surface area contributed by atoms with E-state index in [4.69, 9.17) is 4.74 Å². The van der Waals surface area contributed by atoms with Crippen molar-refractivity contribution in [2.24, 2.45) is 5.92 Å². The molecule has 2 aromatic carbocycles. The summed E-state index contributed by atoms with van der Waals surface area (Å²) in [6.45, 7) is 11.3. The molecule has 2 aliphatic heterocycles. The number of hydrogen-bond donors (Lipinski definition) is 1. The zero-order valence-corrected chi connectivity index (χ0v) is 18.7. The highest BCUT2D eigenvalue weighted by Gasteiger charge is 2.36. The van der Waals surface area contributed by atoms with E-state index < -0.39 is 0 Å². The van der Waals surface area contributed by atoms with E-state index in [1.165, 1.54) is 16.7 Å². The molecule has 0 saturated carbocycles. The van der Waals surface area contributed by atoms with Gasteiger partial charge in [-0.15, -0.1) is 0 Å². The average Bonchev–Trinajstić information content (AvgIpc) is 2.67. The third-order valence-corrected chi connectivity index (χ3v) is 6.39. The van der Waals surface area contributed by atoms with E-state index in [9.17, 15) is 4.79 Å². The van der Waals surface area contributed by atoms with Crippen LogP contribution in [0.1, 0.15) is 61.4 Å². The predicted molar refractivity (Wildman–Crippen MR) is 121 cm³/mol. The van der Waals surface area contributed by atoms with Gasteiger partial charge in [-0.1, -0.05) is 42.0 Å². The minimum atomic E-state index is -0.282. The summed E-state index contributed by atoms with van der Waals surface area (Å²) in [6.07, 6.45) is 2.64. The van der Waals surface area contributed by atoms with Gasteiger partial charge in [0.15, 0.2) is 0 Å². The number of ether oxygens (including phenoxy) is 1. The lowest BCUT2D eigenvalue weighted by Crippen LogP contribution is -2.45. The zero-order chi connectivity index (χ0) is 21.3. The van der Waals surface area contributed by atoms with Crippen molar-refractivity contribution in [2.75, 3.05) is 13.1 Å². The Balaban J connectivity index is 1.36. The molecule has 30 heavy (non-hydrogen) atoms. The Morgan fingerprint density at radius 1 is 1.10 bits per heavy atom. The van der Waals surface area contributed by atoms with Crippen LogP contribution in [0.5, 0.6) is 5.75 Å². The van der Waals surface area contributed by atoms with Crippen LogP contribution in [0.2, 0.25) is 0 Å². The Kier molecular flexibility index (Phi) is 5.88. The predicted octanol–water partition coefficient (Wildman–Crippen LogP) is 4.93. The molecule has 1 saturated heterocycles. The number of carbonyl (C=O) groups excluding carboxylic acids is 1. The Hall–Kier alpha value is -2.33. The molecule has 0 aliphatic carbocycles. The molecule has 1 atom stereocenters. The van der Waals surface area contributed by atoms with Crippen molar-refractivity contribution in [3.8, 4) is 5.75 Å². The summed E-state index contributed by atoms with van der Waals surface area (Å²) in [6, 6.07) is 15.0. The fourth-order valence-corrected chi connectivity index (χ4v) is 4.80. The molecule has 4 nitrogen and oxygen atoms in total. The molecule has 2 heterocycles. The Morgan fingerprint density at radius 2 is 1.83 bits per heavy atom. The summed E-state index contributed by atoms with van der Waals surface area (Å²) in [5.41, 5.74) is 4.66. The smallest absolute Gasteiger partial charge is 0.223 e. The number of fused-ring (bicyclic) bond motifs is 1. The third-order valence-electron chi connectivity index (χ3n) is 6.39. The largest absolute Gasteiger partial charge is 0.487 e. The van der Waals surface area contributed by atoms with Crippen LogP contribution in [0, 0.1) is 19.8 Å². The molecule has 1 amide bonds. The van der Waals surface area contributed by atoms with Crippen LogP contribution < -0.4 is 10.1 Å². The highest BCUT2D eigenvalue weighted by Crippen LogP contribution is 2.40. The molecule has 0 spiro atoms. The molecule has 2 aliphatic rings. The first kappa shape index (κ1) is 20.9. The monoisotopic (exact) mass is 406 g/mol. The number of nitrogens with zero attached hydrogens (tertiary/aromatic N) is 1. The second-order valence-corrected chi connectivity index (χ2v) is 9.71. The average molecular weight is 407 g/mol. The molecule has 160 valence electrons. The van der Waals surface area contributed by atoms with Crippen LogP contribution >= 0.6 is 0 Å². The molecule has 1 fully saturated rings. The quantitative estimate of drug-likeness (QED) is 0.782. The molecular weight excluding hydrogens is 372 g/mol. The van der Waals surface area contributed by atoms with E-state index >= 15 is 0 Å². The maximum atomic E-state index is 13.1. The topological polar surface area (TPSA) is 41.6 Å². The second kappa shape index (κ2) is 8.43. The van der Waals surface area contributed by atoms with Gasteiger partial charge in [0.05, 0.1) is 6.04 Å². The Bertz CT molecular complexity index is 913. The van der Waals surface area contributed by atoms with Gasteiger partial charge in [-0.25, -0.2) is 0 Å². The molecule has 0 unspecified atom stereocenters. The number of carbonyl (C=O) groups is 1. The minimum Gasteiger partial charge on any atom is -0.487 e. The van der Waals surface area contributed by atoms with E-state index in [0.29, 0.717) is 0 Å². The second-order valence-electron chi connectivity index (χ2n) is 9.71. The first-order valence-electron chi connectivity index (χ1n) is 11.2. The summed E-state index contributed by atoms with van der Waals surface area (Å²) in [4.78, 5) is 15.6. The summed E-state index contributed by atoms with van der Waals surface area (Å²) in [5.74, 6) is 1.20.